The largest absolute Gasteiger partial charge is 0.496 e. The normalized spacial score (nSPS) is 10.5. The van der Waals surface area contributed by atoms with E-state index >= 15 is 0 Å². The van der Waals surface area contributed by atoms with Gasteiger partial charge in [-0.05, 0) is 36.6 Å². The van der Waals surface area contributed by atoms with E-state index in [1.54, 1.807) is 7.11 Å². The van der Waals surface area contributed by atoms with E-state index in [0.717, 1.165) is 36.1 Å². The quantitative estimate of drug-likeness (QED) is 0.487. The Labute approximate surface area is 155 Å². The lowest BCUT2D eigenvalue weighted by molar-refractivity contribution is -0.118. The molecule has 4 nitrogen and oxygen atoms in total. The number of benzene rings is 2. The van der Waals surface area contributed by atoms with E-state index in [-0.39, 0.29) is 11.6 Å². The summed E-state index contributed by atoms with van der Waals surface area (Å²) in [5, 5.41) is 0. The van der Waals surface area contributed by atoms with Gasteiger partial charge in [0.05, 0.1) is 7.11 Å². The van der Waals surface area contributed by atoms with Crippen molar-refractivity contribution in [2.24, 2.45) is 0 Å². The Morgan fingerprint density at radius 1 is 0.846 bits per heavy atom. The average molecular weight is 353 g/mol. The topological polar surface area (TPSA) is 69.4 Å². The third-order valence-electron chi connectivity index (χ3n) is 4.37. The van der Waals surface area contributed by atoms with Crippen LogP contribution < -0.4 is 10.5 Å². The molecule has 4 heteroatoms. The van der Waals surface area contributed by atoms with E-state index in [4.69, 9.17) is 10.5 Å². The zero-order valence-electron chi connectivity index (χ0n) is 15.4. The van der Waals surface area contributed by atoms with Crippen LogP contribution in [0.4, 0.5) is 5.69 Å². The van der Waals surface area contributed by atoms with E-state index in [1.807, 2.05) is 48.5 Å². The molecule has 0 saturated carbocycles. The SMILES string of the molecule is COc1ccccc1CC(=O)CCCCCC(=O)Cc1ccc(N)cc1. The number of Topliss-reactive ketones (excluding diaryl/α,β-unsaturated/α-hetero) is 2. The van der Waals surface area contributed by atoms with Crippen molar-refractivity contribution in [2.45, 2.75) is 44.9 Å². The van der Waals surface area contributed by atoms with E-state index in [0.29, 0.717) is 31.4 Å². The van der Waals surface area contributed by atoms with Crippen LogP contribution in [0.2, 0.25) is 0 Å². The highest BCUT2D eigenvalue weighted by Crippen LogP contribution is 2.19. The first kappa shape index (κ1) is 19.7. The van der Waals surface area contributed by atoms with Gasteiger partial charge in [-0.25, -0.2) is 0 Å². The molecule has 2 aromatic rings. The second-order valence-electron chi connectivity index (χ2n) is 6.54. The highest BCUT2D eigenvalue weighted by molar-refractivity contribution is 5.82. The first-order valence-corrected chi connectivity index (χ1v) is 9.08. The summed E-state index contributed by atoms with van der Waals surface area (Å²) in [6.45, 7) is 0. The van der Waals surface area contributed by atoms with Gasteiger partial charge in [-0.3, -0.25) is 9.59 Å². The molecule has 2 N–H and O–H groups in total. The van der Waals surface area contributed by atoms with Gasteiger partial charge < -0.3 is 10.5 Å². The van der Waals surface area contributed by atoms with Crippen molar-refractivity contribution in [3.63, 3.8) is 0 Å². The number of nitrogens with two attached hydrogens (primary N) is 1. The maximum atomic E-state index is 12.1. The molecule has 0 amide bonds. The zero-order valence-corrected chi connectivity index (χ0v) is 15.4. The predicted molar refractivity (Wildman–Crippen MR) is 104 cm³/mol. The molecule has 0 heterocycles. The number of nitrogen functional groups attached to an aromatic ring is 1. The van der Waals surface area contributed by atoms with Gasteiger partial charge in [-0.15, -0.1) is 0 Å². The van der Waals surface area contributed by atoms with Gasteiger partial charge in [-0.1, -0.05) is 36.8 Å². The third-order valence-corrected chi connectivity index (χ3v) is 4.37. The molecule has 26 heavy (non-hydrogen) atoms. The molecule has 138 valence electrons. The number of ketones is 2. The number of rotatable bonds is 11. The van der Waals surface area contributed by atoms with Gasteiger partial charge in [0.25, 0.3) is 0 Å². The lowest BCUT2D eigenvalue weighted by Gasteiger charge is -2.07. The van der Waals surface area contributed by atoms with Gasteiger partial charge in [-0.2, -0.15) is 0 Å². The van der Waals surface area contributed by atoms with Gasteiger partial charge in [0.2, 0.25) is 0 Å². The number of carbonyl (C=O) groups is 2. The number of para-hydroxylation sites is 1. The Morgan fingerprint density at radius 3 is 2.12 bits per heavy atom. The van der Waals surface area contributed by atoms with Crippen LogP contribution in [0.3, 0.4) is 0 Å². The molecule has 0 saturated heterocycles. The molecule has 0 atom stereocenters. The summed E-state index contributed by atoms with van der Waals surface area (Å²) < 4.78 is 5.27. The first-order chi connectivity index (χ1) is 12.6. The van der Waals surface area contributed by atoms with Crippen LogP contribution in [-0.2, 0) is 22.4 Å². The van der Waals surface area contributed by atoms with Crippen molar-refractivity contribution in [3.05, 3.63) is 59.7 Å². The minimum atomic E-state index is 0.211. The highest BCUT2D eigenvalue weighted by Gasteiger charge is 2.09. The molecule has 0 unspecified atom stereocenters. The fourth-order valence-corrected chi connectivity index (χ4v) is 2.92. The third kappa shape index (κ3) is 6.71. The fraction of sp³-hybridized carbons (Fsp3) is 0.364. The van der Waals surface area contributed by atoms with Gasteiger partial charge in [0.15, 0.2) is 0 Å². The summed E-state index contributed by atoms with van der Waals surface area (Å²) >= 11 is 0. The van der Waals surface area contributed by atoms with Crippen molar-refractivity contribution in [3.8, 4) is 5.75 Å². The van der Waals surface area contributed by atoms with Crippen molar-refractivity contribution < 1.29 is 14.3 Å². The average Bonchev–Trinajstić information content (AvgIpc) is 2.64. The molecule has 0 aliphatic rings. The summed E-state index contributed by atoms with van der Waals surface area (Å²) in [5.41, 5.74) is 8.27. The molecular weight excluding hydrogens is 326 g/mol. The second-order valence-corrected chi connectivity index (χ2v) is 6.54. The minimum Gasteiger partial charge on any atom is -0.496 e. The Hall–Kier alpha value is -2.62. The first-order valence-electron chi connectivity index (χ1n) is 9.08. The molecule has 0 bridgehead atoms. The number of methoxy groups -OCH3 is 1. The van der Waals surface area contributed by atoms with Gasteiger partial charge in [0, 0.05) is 36.9 Å². The van der Waals surface area contributed by atoms with Gasteiger partial charge >= 0.3 is 0 Å². The molecule has 0 aliphatic heterocycles. The summed E-state index contributed by atoms with van der Waals surface area (Å²) in [5.74, 6) is 1.20. The molecule has 0 spiro atoms. The Bertz CT molecular complexity index is 722. The number of anilines is 1. The summed E-state index contributed by atoms with van der Waals surface area (Å²) in [4.78, 5) is 24.1. The zero-order chi connectivity index (χ0) is 18.8. The van der Waals surface area contributed by atoms with Crippen molar-refractivity contribution in [1.29, 1.82) is 0 Å². The minimum absolute atomic E-state index is 0.211. The van der Waals surface area contributed by atoms with Gasteiger partial charge in [0.1, 0.15) is 17.3 Å². The van der Waals surface area contributed by atoms with E-state index < -0.39 is 0 Å². The summed E-state index contributed by atoms with van der Waals surface area (Å²) in [6, 6.07) is 15.0. The number of hydrogen-bond donors (Lipinski definition) is 1. The Kier molecular flexibility index (Phi) is 7.87. The fourth-order valence-electron chi connectivity index (χ4n) is 2.92. The van der Waals surface area contributed by atoms with Crippen LogP contribution >= 0.6 is 0 Å². The number of carbonyl (C=O) groups excluding carboxylic acids is 2. The lowest BCUT2D eigenvalue weighted by Crippen LogP contribution is -2.05. The van der Waals surface area contributed by atoms with Crippen LogP contribution in [-0.4, -0.2) is 18.7 Å². The van der Waals surface area contributed by atoms with Crippen LogP contribution in [0.15, 0.2) is 48.5 Å². The van der Waals surface area contributed by atoms with Crippen LogP contribution in [0.1, 0.15) is 43.2 Å². The molecule has 0 radical (unpaired) electrons. The van der Waals surface area contributed by atoms with E-state index in [2.05, 4.69) is 0 Å². The molecular formula is C22H27NO3. The molecule has 0 fully saturated rings. The monoisotopic (exact) mass is 353 g/mol. The standard InChI is InChI=1S/C22H27NO3/c1-26-22-10-6-5-7-18(22)16-21(25)9-4-2-3-8-20(24)15-17-11-13-19(23)14-12-17/h5-7,10-14H,2-4,8-9,15-16,23H2,1H3. The van der Waals surface area contributed by atoms with Crippen LogP contribution in [0.5, 0.6) is 5.75 Å². The molecule has 2 aromatic carbocycles. The van der Waals surface area contributed by atoms with Crippen LogP contribution in [0, 0.1) is 0 Å². The second kappa shape index (κ2) is 10.4. The van der Waals surface area contributed by atoms with Crippen molar-refractivity contribution in [1.82, 2.24) is 0 Å². The Balaban J connectivity index is 1.61. The molecule has 2 rings (SSSR count). The number of hydrogen-bond acceptors (Lipinski definition) is 4. The summed E-state index contributed by atoms with van der Waals surface area (Å²) in [6.07, 6.45) is 4.51. The lowest BCUT2D eigenvalue weighted by atomic mass is 10.0. The van der Waals surface area contributed by atoms with E-state index in [9.17, 15) is 9.59 Å². The maximum Gasteiger partial charge on any atom is 0.137 e. The maximum absolute atomic E-state index is 12.1. The molecule has 0 aromatic heterocycles. The number of unbranched alkanes of at least 4 members (excludes halogenated alkanes) is 2. The summed E-state index contributed by atoms with van der Waals surface area (Å²) in [7, 11) is 1.62. The Morgan fingerprint density at radius 2 is 1.46 bits per heavy atom. The van der Waals surface area contributed by atoms with E-state index in [1.165, 1.54) is 0 Å². The van der Waals surface area contributed by atoms with Crippen molar-refractivity contribution in [2.75, 3.05) is 12.8 Å². The van der Waals surface area contributed by atoms with Crippen molar-refractivity contribution >= 4 is 17.3 Å². The molecule has 0 aliphatic carbocycles. The predicted octanol–water partition coefficient (Wildman–Crippen LogP) is 4.15. The smallest absolute Gasteiger partial charge is 0.137 e. The number of ether oxygens (including phenoxy) is 1. The highest BCUT2D eigenvalue weighted by atomic mass is 16.5. The van der Waals surface area contributed by atoms with Crippen LogP contribution in [0.25, 0.3) is 0 Å².